The number of ketones is 1. The summed E-state index contributed by atoms with van der Waals surface area (Å²) < 4.78 is 10.4. The molecular weight excluding hydrogens is 266 g/mol. The van der Waals surface area contributed by atoms with Crippen LogP contribution in [0.5, 0.6) is 11.5 Å². The second-order valence-electron chi connectivity index (χ2n) is 4.48. The summed E-state index contributed by atoms with van der Waals surface area (Å²) in [7, 11) is 3.20. The van der Waals surface area contributed by atoms with Crippen molar-refractivity contribution in [3.8, 4) is 11.5 Å². The predicted molar refractivity (Wildman–Crippen MR) is 83.2 cm³/mol. The first-order valence-electron chi connectivity index (χ1n) is 6.51. The molecule has 4 nitrogen and oxygen atoms in total. The van der Waals surface area contributed by atoms with Crippen molar-refractivity contribution in [2.75, 3.05) is 14.2 Å². The molecule has 0 bridgehead atoms. The molecule has 21 heavy (non-hydrogen) atoms. The molecule has 0 unspecified atom stereocenters. The summed E-state index contributed by atoms with van der Waals surface area (Å²) in [6.07, 6.45) is 1.74. The van der Waals surface area contributed by atoms with E-state index in [-0.39, 0.29) is 5.78 Å². The van der Waals surface area contributed by atoms with Crippen LogP contribution in [0.4, 0.5) is 5.69 Å². The standard InChI is InChI=1S/C17H17NO3/c1-12(19)14-5-7-15(8-6-14)18-11-13-4-9-16(20-2)17(10-13)21-3/h4-11H,1-3H3. The highest BCUT2D eigenvalue weighted by Crippen LogP contribution is 2.27. The summed E-state index contributed by atoms with van der Waals surface area (Å²) >= 11 is 0. The van der Waals surface area contributed by atoms with E-state index in [4.69, 9.17) is 9.47 Å². The Morgan fingerprint density at radius 2 is 1.67 bits per heavy atom. The van der Waals surface area contributed by atoms with Crippen LogP contribution in [0.15, 0.2) is 47.5 Å². The van der Waals surface area contributed by atoms with E-state index >= 15 is 0 Å². The Morgan fingerprint density at radius 3 is 2.24 bits per heavy atom. The maximum atomic E-state index is 11.2. The van der Waals surface area contributed by atoms with Crippen LogP contribution in [-0.4, -0.2) is 26.2 Å². The molecule has 0 aliphatic heterocycles. The van der Waals surface area contributed by atoms with Gasteiger partial charge in [0.05, 0.1) is 19.9 Å². The topological polar surface area (TPSA) is 47.9 Å². The van der Waals surface area contributed by atoms with Gasteiger partial charge in [0, 0.05) is 11.8 Å². The number of hydrogen-bond donors (Lipinski definition) is 0. The van der Waals surface area contributed by atoms with Crippen molar-refractivity contribution in [3.05, 3.63) is 53.6 Å². The smallest absolute Gasteiger partial charge is 0.161 e. The van der Waals surface area contributed by atoms with Gasteiger partial charge in [-0.1, -0.05) is 0 Å². The fourth-order valence-corrected chi connectivity index (χ4v) is 1.86. The zero-order valence-electron chi connectivity index (χ0n) is 12.3. The number of benzene rings is 2. The van der Waals surface area contributed by atoms with Gasteiger partial charge in [0.2, 0.25) is 0 Å². The van der Waals surface area contributed by atoms with Crippen molar-refractivity contribution >= 4 is 17.7 Å². The highest BCUT2D eigenvalue weighted by atomic mass is 16.5. The molecule has 0 amide bonds. The molecule has 0 saturated heterocycles. The number of rotatable bonds is 5. The zero-order valence-corrected chi connectivity index (χ0v) is 12.3. The van der Waals surface area contributed by atoms with Crippen LogP contribution >= 0.6 is 0 Å². The van der Waals surface area contributed by atoms with Crippen molar-refractivity contribution in [3.63, 3.8) is 0 Å². The fourth-order valence-electron chi connectivity index (χ4n) is 1.86. The number of methoxy groups -OCH3 is 2. The lowest BCUT2D eigenvalue weighted by Gasteiger charge is -2.07. The average Bonchev–Trinajstić information content (AvgIpc) is 2.52. The number of ether oxygens (including phenoxy) is 2. The summed E-state index contributed by atoms with van der Waals surface area (Å²) in [6.45, 7) is 1.54. The quantitative estimate of drug-likeness (QED) is 0.621. The Balaban J connectivity index is 2.18. The van der Waals surface area contributed by atoms with Gasteiger partial charge in [-0.2, -0.15) is 0 Å². The van der Waals surface area contributed by atoms with E-state index in [0.717, 1.165) is 11.3 Å². The number of nitrogens with zero attached hydrogens (tertiary/aromatic N) is 1. The molecule has 0 fully saturated rings. The molecule has 0 spiro atoms. The minimum Gasteiger partial charge on any atom is -0.493 e. The predicted octanol–water partition coefficient (Wildman–Crippen LogP) is 3.66. The molecule has 0 radical (unpaired) electrons. The third kappa shape index (κ3) is 3.69. The van der Waals surface area contributed by atoms with Gasteiger partial charge in [0.25, 0.3) is 0 Å². The van der Waals surface area contributed by atoms with Crippen molar-refractivity contribution < 1.29 is 14.3 Å². The average molecular weight is 283 g/mol. The van der Waals surface area contributed by atoms with Gasteiger partial charge in [-0.05, 0) is 55.0 Å². The third-order valence-corrected chi connectivity index (χ3v) is 3.04. The van der Waals surface area contributed by atoms with Crippen LogP contribution < -0.4 is 9.47 Å². The Morgan fingerprint density at radius 1 is 1.00 bits per heavy atom. The second kappa shape index (κ2) is 6.70. The van der Waals surface area contributed by atoms with Crippen LogP contribution in [0.1, 0.15) is 22.8 Å². The maximum absolute atomic E-state index is 11.2. The van der Waals surface area contributed by atoms with Crippen LogP contribution in [0, 0.1) is 0 Å². The van der Waals surface area contributed by atoms with Crippen LogP contribution in [0.2, 0.25) is 0 Å². The van der Waals surface area contributed by atoms with Gasteiger partial charge < -0.3 is 9.47 Å². The molecule has 2 rings (SSSR count). The molecule has 0 aliphatic carbocycles. The van der Waals surface area contributed by atoms with Gasteiger partial charge >= 0.3 is 0 Å². The maximum Gasteiger partial charge on any atom is 0.161 e. The van der Waals surface area contributed by atoms with E-state index in [9.17, 15) is 4.79 Å². The Bertz CT molecular complexity index is 660. The summed E-state index contributed by atoms with van der Waals surface area (Å²) in [5, 5.41) is 0. The number of Topliss-reactive ketones (excluding diaryl/α,β-unsaturated/α-hetero) is 1. The van der Waals surface area contributed by atoms with Crippen molar-refractivity contribution in [1.82, 2.24) is 0 Å². The minimum atomic E-state index is 0.0467. The fraction of sp³-hybridized carbons (Fsp3) is 0.176. The van der Waals surface area contributed by atoms with Crippen molar-refractivity contribution in [2.24, 2.45) is 4.99 Å². The monoisotopic (exact) mass is 283 g/mol. The van der Waals surface area contributed by atoms with E-state index in [1.165, 1.54) is 0 Å². The number of aliphatic imine (C=N–C) groups is 1. The highest BCUT2D eigenvalue weighted by Gasteiger charge is 2.03. The summed E-state index contributed by atoms with van der Waals surface area (Å²) in [4.78, 5) is 15.6. The van der Waals surface area contributed by atoms with Crippen LogP contribution in [0.3, 0.4) is 0 Å². The molecule has 2 aromatic rings. The summed E-state index contributed by atoms with van der Waals surface area (Å²) in [5.41, 5.74) is 2.37. The third-order valence-electron chi connectivity index (χ3n) is 3.04. The normalized spacial score (nSPS) is 10.6. The van der Waals surface area contributed by atoms with E-state index in [1.54, 1.807) is 39.5 Å². The molecule has 0 aliphatic rings. The molecule has 0 heterocycles. The molecule has 0 saturated carbocycles. The van der Waals surface area contributed by atoms with Gasteiger partial charge in [-0.25, -0.2) is 0 Å². The van der Waals surface area contributed by atoms with Crippen LogP contribution in [0.25, 0.3) is 0 Å². The molecular formula is C17H17NO3. The lowest BCUT2D eigenvalue weighted by atomic mass is 10.1. The van der Waals surface area contributed by atoms with Gasteiger partial charge in [0.1, 0.15) is 0 Å². The number of carbonyl (C=O) groups excluding carboxylic acids is 1. The molecule has 0 atom stereocenters. The highest BCUT2D eigenvalue weighted by molar-refractivity contribution is 5.94. The lowest BCUT2D eigenvalue weighted by molar-refractivity contribution is 0.101. The zero-order chi connectivity index (χ0) is 15.2. The molecule has 0 aromatic heterocycles. The van der Waals surface area contributed by atoms with Crippen LogP contribution in [-0.2, 0) is 0 Å². The largest absolute Gasteiger partial charge is 0.493 e. The first-order chi connectivity index (χ1) is 10.1. The molecule has 4 heteroatoms. The minimum absolute atomic E-state index is 0.0467. The number of hydrogen-bond acceptors (Lipinski definition) is 4. The Hall–Kier alpha value is -2.62. The molecule has 0 N–H and O–H groups in total. The second-order valence-corrected chi connectivity index (χ2v) is 4.48. The van der Waals surface area contributed by atoms with Crippen molar-refractivity contribution in [1.29, 1.82) is 0 Å². The number of carbonyl (C=O) groups is 1. The van der Waals surface area contributed by atoms with E-state index in [0.29, 0.717) is 17.1 Å². The Kier molecular flexibility index (Phi) is 4.72. The SMILES string of the molecule is COc1ccc(C=Nc2ccc(C(C)=O)cc2)cc1OC. The molecule has 2 aromatic carbocycles. The lowest BCUT2D eigenvalue weighted by Crippen LogP contribution is -1.92. The first kappa shape index (κ1) is 14.8. The summed E-state index contributed by atoms with van der Waals surface area (Å²) in [6, 6.07) is 12.7. The van der Waals surface area contributed by atoms with E-state index in [2.05, 4.69) is 4.99 Å². The van der Waals surface area contributed by atoms with E-state index < -0.39 is 0 Å². The van der Waals surface area contributed by atoms with Gasteiger partial charge in [0.15, 0.2) is 17.3 Å². The van der Waals surface area contributed by atoms with Crippen molar-refractivity contribution in [2.45, 2.75) is 6.92 Å². The van der Waals surface area contributed by atoms with Gasteiger partial charge in [-0.3, -0.25) is 9.79 Å². The molecule has 108 valence electrons. The van der Waals surface area contributed by atoms with E-state index in [1.807, 2.05) is 30.3 Å². The first-order valence-corrected chi connectivity index (χ1v) is 6.51. The van der Waals surface area contributed by atoms with Gasteiger partial charge in [-0.15, -0.1) is 0 Å². The summed E-state index contributed by atoms with van der Waals surface area (Å²) in [5.74, 6) is 1.39. The Labute approximate surface area is 124 Å².